The van der Waals surface area contributed by atoms with Crippen molar-refractivity contribution < 1.29 is 12.4 Å². The second kappa shape index (κ2) is 18.6. The van der Waals surface area contributed by atoms with Crippen molar-refractivity contribution in [2.45, 2.75) is 144 Å². The Morgan fingerprint density at radius 3 is 1.19 bits per heavy atom. The zero-order valence-electron chi connectivity index (χ0n) is 22.6. The topological polar surface area (TPSA) is 43.4 Å². The van der Waals surface area contributed by atoms with Crippen molar-refractivity contribution in [1.29, 1.82) is 0 Å². The van der Waals surface area contributed by atoms with Gasteiger partial charge in [-0.25, -0.2) is 0 Å². The Balaban J connectivity index is 5.25. The Bertz CT molecular complexity index is 508. The average Bonchev–Trinajstić information content (AvgIpc) is 2.76. The van der Waals surface area contributed by atoms with Crippen LogP contribution in [-0.2, 0) is 14.1 Å². The van der Waals surface area contributed by atoms with Crippen LogP contribution < -0.4 is 0 Å². The van der Waals surface area contributed by atoms with E-state index in [1.54, 1.807) is 0 Å². The summed E-state index contributed by atoms with van der Waals surface area (Å²) in [5.41, 5.74) is 0. The first kappa shape index (κ1) is 32.3. The molecule has 0 atom stereocenters. The van der Waals surface area contributed by atoms with Gasteiger partial charge in [0.2, 0.25) is 0 Å². The van der Waals surface area contributed by atoms with Gasteiger partial charge in [0.25, 0.3) is 0 Å². The SMILES string of the molecule is CCCCCCCCCCCCP(CCCC)(CCCC)(CCCC)OS(=O)(=O)CCC. The third kappa shape index (κ3) is 13.9. The monoisotopic (exact) mass is 494 g/mol. The molecule has 0 rings (SSSR count). The van der Waals surface area contributed by atoms with Gasteiger partial charge < -0.3 is 0 Å². The van der Waals surface area contributed by atoms with Crippen LogP contribution in [0.1, 0.15) is 144 Å². The number of hydrogen-bond donors (Lipinski definition) is 0. The first-order valence-electron chi connectivity index (χ1n) is 14.3. The molecule has 5 heteroatoms. The summed E-state index contributed by atoms with van der Waals surface area (Å²) in [6.45, 7) is 8.14. The summed E-state index contributed by atoms with van der Waals surface area (Å²) in [5, 5.41) is 0. The molecule has 0 fully saturated rings. The van der Waals surface area contributed by atoms with Crippen LogP contribution in [0.2, 0.25) is 0 Å². The van der Waals surface area contributed by atoms with Gasteiger partial charge in [0.05, 0.1) is 0 Å². The van der Waals surface area contributed by atoms with E-state index in [2.05, 4.69) is 27.7 Å². The molecule has 0 spiro atoms. The van der Waals surface area contributed by atoms with E-state index in [1.165, 1.54) is 57.8 Å². The predicted molar refractivity (Wildman–Crippen MR) is 148 cm³/mol. The van der Waals surface area contributed by atoms with E-state index in [1.807, 2.05) is 6.92 Å². The summed E-state index contributed by atoms with van der Waals surface area (Å²) in [5.74, 6) is 0.174. The fraction of sp³-hybridized carbons (Fsp3) is 1.00. The summed E-state index contributed by atoms with van der Waals surface area (Å²) < 4.78 is 32.6. The third-order valence-electron chi connectivity index (χ3n) is 7.09. The first-order chi connectivity index (χ1) is 15.3. The van der Waals surface area contributed by atoms with Gasteiger partial charge in [0.15, 0.2) is 0 Å². The zero-order valence-corrected chi connectivity index (χ0v) is 24.3. The van der Waals surface area contributed by atoms with E-state index in [4.69, 9.17) is 3.97 Å². The molecule has 196 valence electrons. The van der Waals surface area contributed by atoms with Crippen molar-refractivity contribution in [2.75, 3.05) is 30.4 Å². The van der Waals surface area contributed by atoms with Gasteiger partial charge in [-0.3, -0.25) is 0 Å². The maximum atomic E-state index is 13.0. The van der Waals surface area contributed by atoms with E-state index in [9.17, 15) is 8.42 Å². The van der Waals surface area contributed by atoms with Gasteiger partial charge in [-0.1, -0.05) is 0 Å². The molecule has 0 bridgehead atoms. The van der Waals surface area contributed by atoms with Crippen LogP contribution >= 0.6 is 6.83 Å². The fourth-order valence-electron chi connectivity index (χ4n) is 5.10. The molecular formula is C27H59O3PS. The molecule has 3 nitrogen and oxygen atoms in total. The number of rotatable bonds is 24. The molecule has 0 aliphatic rings. The predicted octanol–water partition coefficient (Wildman–Crippen LogP) is 9.53. The molecule has 0 radical (unpaired) electrons. The van der Waals surface area contributed by atoms with Gasteiger partial charge in [-0.15, -0.1) is 0 Å². The number of hydrogen-bond acceptors (Lipinski definition) is 3. The third-order valence-corrected chi connectivity index (χ3v) is 16.4. The van der Waals surface area contributed by atoms with Crippen LogP contribution in [0, 0.1) is 0 Å². The van der Waals surface area contributed by atoms with Gasteiger partial charge >= 0.3 is 204 Å². The summed E-state index contributed by atoms with van der Waals surface area (Å²) in [6, 6.07) is 0. The average molecular weight is 495 g/mol. The van der Waals surface area contributed by atoms with E-state index in [0.29, 0.717) is 6.42 Å². The van der Waals surface area contributed by atoms with Crippen molar-refractivity contribution in [3.8, 4) is 0 Å². The van der Waals surface area contributed by atoms with Gasteiger partial charge in [-0.2, -0.15) is 0 Å². The summed E-state index contributed by atoms with van der Waals surface area (Å²) >= 11 is 0. The van der Waals surface area contributed by atoms with Crippen molar-refractivity contribution in [3.63, 3.8) is 0 Å². The zero-order chi connectivity index (χ0) is 24.2. The first-order valence-corrected chi connectivity index (χ1v) is 18.7. The molecule has 0 saturated heterocycles. The Morgan fingerprint density at radius 1 is 0.469 bits per heavy atom. The normalized spacial score (nSPS) is 13.8. The summed E-state index contributed by atoms with van der Waals surface area (Å²) in [4.78, 5) is 0. The van der Waals surface area contributed by atoms with Crippen LogP contribution in [0.5, 0.6) is 0 Å². The van der Waals surface area contributed by atoms with E-state index < -0.39 is 16.9 Å². The van der Waals surface area contributed by atoms with E-state index in [-0.39, 0.29) is 5.75 Å². The molecule has 0 N–H and O–H groups in total. The molecule has 0 aromatic carbocycles. The maximum absolute atomic E-state index is 13.0. The van der Waals surface area contributed by atoms with Crippen LogP contribution in [-0.4, -0.2) is 38.8 Å². The van der Waals surface area contributed by atoms with Crippen molar-refractivity contribution in [3.05, 3.63) is 0 Å². The van der Waals surface area contributed by atoms with Gasteiger partial charge in [0, 0.05) is 0 Å². The van der Waals surface area contributed by atoms with Crippen molar-refractivity contribution in [2.24, 2.45) is 0 Å². The molecular weight excluding hydrogens is 435 g/mol. The minimum atomic E-state index is -3.44. The molecule has 0 amide bonds. The molecule has 0 aliphatic carbocycles. The number of unbranched alkanes of at least 4 members (excludes halogenated alkanes) is 12. The molecule has 0 saturated carbocycles. The second-order valence-electron chi connectivity index (χ2n) is 10.3. The van der Waals surface area contributed by atoms with E-state index in [0.717, 1.165) is 69.6 Å². The van der Waals surface area contributed by atoms with Crippen LogP contribution in [0.25, 0.3) is 0 Å². The van der Waals surface area contributed by atoms with Crippen molar-refractivity contribution in [1.82, 2.24) is 0 Å². The van der Waals surface area contributed by atoms with Crippen LogP contribution in [0.15, 0.2) is 0 Å². The Hall–Kier alpha value is 0.340. The Kier molecular flexibility index (Phi) is 18.8. The van der Waals surface area contributed by atoms with Crippen molar-refractivity contribution >= 4 is 16.9 Å². The van der Waals surface area contributed by atoms with Crippen LogP contribution in [0.3, 0.4) is 0 Å². The Labute approximate surface area is 203 Å². The fourth-order valence-corrected chi connectivity index (χ4v) is 15.4. The molecule has 0 unspecified atom stereocenters. The molecule has 0 aromatic heterocycles. The molecule has 32 heavy (non-hydrogen) atoms. The quantitative estimate of drug-likeness (QED) is 0.0991. The molecule has 0 aromatic rings. The molecule has 0 heterocycles. The molecule has 0 aliphatic heterocycles. The minimum absolute atomic E-state index is 0.174. The van der Waals surface area contributed by atoms with Crippen LogP contribution in [0.4, 0.5) is 0 Å². The summed E-state index contributed by atoms with van der Waals surface area (Å²) in [7, 11) is -3.44. The van der Waals surface area contributed by atoms with Gasteiger partial charge in [0.1, 0.15) is 0 Å². The van der Waals surface area contributed by atoms with E-state index >= 15 is 0 Å². The standard InChI is InChI=1S/C27H59O3PS/c1-6-11-15-16-17-18-19-20-21-22-26-31(23-12-7-2,24-13-8-3,25-14-9-4)30-32(28,29)27-10-5/h6-27H2,1-5H3. The second-order valence-corrected chi connectivity index (χ2v) is 18.0. The summed E-state index contributed by atoms with van der Waals surface area (Å²) in [6.07, 6.45) is 24.6. The van der Waals surface area contributed by atoms with Gasteiger partial charge in [-0.05, 0) is 0 Å². The Morgan fingerprint density at radius 2 is 0.812 bits per heavy atom.